The van der Waals surface area contributed by atoms with Gasteiger partial charge in [0, 0.05) is 6.54 Å². The number of rotatable bonds is 2. The maximum atomic E-state index is 11.7. The lowest BCUT2D eigenvalue weighted by Crippen LogP contribution is -2.32. The van der Waals surface area contributed by atoms with Crippen molar-refractivity contribution in [1.29, 1.82) is 0 Å². The Morgan fingerprint density at radius 3 is 2.70 bits per heavy atom. The molecule has 0 fully saturated rings. The molecule has 0 saturated heterocycles. The molecule has 1 aliphatic rings. The zero-order valence-electron chi connectivity index (χ0n) is 11.9. The largest absolute Gasteiger partial charge is 0.444 e. The lowest BCUT2D eigenvalue weighted by Gasteiger charge is -2.19. The van der Waals surface area contributed by atoms with Crippen LogP contribution in [0.2, 0.25) is 0 Å². The van der Waals surface area contributed by atoms with Crippen molar-refractivity contribution in [2.75, 3.05) is 5.75 Å². The fraction of sp³-hybridized carbons (Fsp3) is 0.500. The first-order chi connectivity index (χ1) is 9.17. The first-order valence-electron chi connectivity index (χ1n) is 6.49. The predicted octanol–water partition coefficient (Wildman–Crippen LogP) is 2.04. The SMILES string of the molecule is CC(C)(C)OC(=O)NCc1ccc2c(c1)CCS2(=O)=O. The van der Waals surface area contributed by atoms with Crippen molar-refractivity contribution in [2.24, 2.45) is 0 Å². The molecule has 110 valence electrons. The Bertz CT molecular complexity index is 629. The van der Waals surface area contributed by atoms with Crippen LogP contribution >= 0.6 is 0 Å². The van der Waals surface area contributed by atoms with E-state index in [-0.39, 0.29) is 5.75 Å². The predicted molar refractivity (Wildman–Crippen MR) is 75.3 cm³/mol. The minimum absolute atomic E-state index is 0.172. The van der Waals surface area contributed by atoms with Crippen LogP contribution in [-0.4, -0.2) is 25.9 Å². The summed E-state index contributed by atoms with van der Waals surface area (Å²) in [5.74, 6) is 0.172. The summed E-state index contributed by atoms with van der Waals surface area (Å²) in [6.07, 6.45) is 0.0587. The van der Waals surface area contributed by atoms with Crippen molar-refractivity contribution >= 4 is 15.9 Å². The molecule has 0 radical (unpaired) electrons. The number of fused-ring (bicyclic) bond motifs is 1. The molecule has 0 atom stereocenters. The quantitative estimate of drug-likeness (QED) is 0.906. The van der Waals surface area contributed by atoms with Crippen molar-refractivity contribution in [3.8, 4) is 0 Å². The summed E-state index contributed by atoms with van der Waals surface area (Å²) in [5.41, 5.74) is 1.16. The maximum Gasteiger partial charge on any atom is 0.407 e. The van der Waals surface area contributed by atoms with Crippen LogP contribution in [0, 0.1) is 0 Å². The molecule has 1 amide bonds. The Morgan fingerprint density at radius 2 is 2.05 bits per heavy atom. The Hall–Kier alpha value is -1.56. The number of alkyl carbamates (subject to hydrolysis) is 1. The van der Waals surface area contributed by atoms with Crippen molar-refractivity contribution in [3.05, 3.63) is 29.3 Å². The number of sulfone groups is 1. The van der Waals surface area contributed by atoms with E-state index >= 15 is 0 Å². The normalized spacial score (nSPS) is 16.6. The van der Waals surface area contributed by atoms with Gasteiger partial charge in [-0.1, -0.05) is 12.1 Å². The molecule has 0 aliphatic carbocycles. The fourth-order valence-corrected chi connectivity index (χ4v) is 3.63. The number of nitrogens with one attached hydrogen (secondary N) is 1. The molecule has 5 nitrogen and oxygen atoms in total. The molecule has 1 aromatic rings. The zero-order chi connectivity index (χ0) is 15.0. The molecule has 0 bridgehead atoms. The van der Waals surface area contributed by atoms with Gasteiger partial charge in [-0.25, -0.2) is 13.2 Å². The summed E-state index contributed by atoms with van der Waals surface area (Å²) in [7, 11) is -3.09. The molecule has 1 N–H and O–H groups in total. The van der Waals surface area contributed by atoms with Gasteiger partial charge in [-0.2, -0.15) is 0 Å². The van der Waals surface area contributed by atoms with Crippen LogP contribution in [-0.2, 0) is 27.5 Å². The molecule has 0 unspecified atom stereocenters. The average Bonchev–Trinajstić information content (AvgIpc) is 2.60. The van der Waals surface area contributed by atoms with Crippen LogP contribution in [0.1, 0.15) is 31.9 Å². The van der Waals surface area contributed by atoms with E-state index in [0.29, 0.717) is 17.9 Å². The molecule has 1 heterocycles. The number of aryl methyl sites for hydroxylation is 1. The van der Waals surface area contributed by atoms with Gasteiger partial charge < -0.3 is 10.1 Å². The molecule has 2 rings (SSSR count). The minimum Gasteiger partial charge on any atom is -0.444 e. The third kappa shape index (κ3) is 3.50. The maximum absolute atomic E-state index is 11.7. The first kappa shape index (κ1) is 14.8. The number of carbonyl (C=O) groups is 1. The van der Waals surface area contributed by atoms with E-state index in [1.54, 1.807) is 32.9 Å². The lowest BCUT2D eigenvalue weighted by atomic mass is 10.1. The molecule has 0 aromatic heterocycles. The molecule has 6 heteroatoms. The van der Waals surface area contributed by atoms with Gasteiger partial charge >= 0.3 is 6.09 Å². The molecular weight excluding hydrogens is 278 g/mol. The molecule has 1 aliphatic heterocycles. The Balaban J connectivity index is 2.01. The molecular formula is C14H19NO4S. The number of benzene rings is 1. The van der Waals surface area contributed by atoms with E-state index in [9.17, 15) is 13.2 Å². The Kier molecular flexibility index (Phi) is 3.77. The van der Waals surface area contributed by atoms with Crippen molar-refractivity contribution < 1.29 is 17.9 Å². The van der Waals surface area contributed by atoms with Gasteiger partial charge in [-0.3, -0.25) is 0 Å². The standard InChI is InChI=1S/C14H19NO4S/c1-14(2,3)19-13(16)15-9-10-4-5-12-11(8-10)6-7-20(12,17)18/h4-5,8H,6-7,9H2,1-3H3,(H,15,16). The van der Waals surface area contributed by atoms with E-state index < -0.39 is 21.5 Å². The number of ether oxygens (including phenoxy) is 1. The van der Waals surface area contributed by atoms with Gasteiger partial charge in [-0.05, 0) is 44.4 Å². The van der Waals surface area contributed by atoms with Crippen LogP contribution < -0.4 is 5.32 Å². The summed E-state index contributed by atoms with van der Waals surface area (Å²) in [6.45, 7) is 5.72. The highest BCUT2D eigenvalue weighted by Gasteiger charge is 2.26. The highest BCUT2D eigenvalue weighted by Crippen LogP contribution is 2.26. The van der Waals surface area contributed by atoms with Gasteiger partial charge in [0.25, 0.3) is 0 Å². The first-order valence-corrected chi connectivity index (χ1v) is 8.14. The Morgan fingerprint density at radius 1 is 1.35 bits per heavy atom. The second-order valence-electron chi connectivity index (χ2n) is 5.87. The number of hydrogen-bond acceptors (Lipinski definition) is 4. The van der Waals surface area contributed by atoms with Gasteiger partial charge in [-0.15, -0.1) is 0 Å². The smallest absolute Gasteiger partial charge is 0.407 e. The summed E-state index contributed by atoms with van der Waals surface area (Å²) in [6, 6.07) is 5.17. The average molecular weight is 297 g/mol. The van der Waals surface area contributed by atoms with Crippen molar-refractivity contribution in [1.82, 2.24) is 5.32 Å². The van der Waals surface area contributed by atoms with Crippen LogP contribution in [0.25, 0.3) is 0 Å². The summed E-state index contributed by atoms with van der Waals surface area (Å²) >= 11 is 0. The van der Waals surface area contributed by atoms with Crippen LogP contribution in [0.15, 0.2) is 23.1 Å². The molecule has 0 saturated carbocycles. The molecule has 1 aromatic carbocycles. The van der Waals surface area contributed by atoms with Crippen LogP contribution in [0.3, 0.4) is 0 Å². The number of amides is 1. The summed E-state index contributed by atoms with van der Waals surface area (Å²) < 4.78 is 28.5. The second kappa shape index (κ2) is 5.09. The Labute approximate surface area is 119 Å². The van der Waals surface area contributed by atoms with Crippen LogP contribution in [0.4, 0.5) is 4.79 Å². The summed E-state index contributed by atoms with van der Waals surface area (Å²) in [5, 5.41) is 2.66. The minimum atomic E-state index is -3.09. The monoisotopic (exact) mass is 297 g/mol. The highest BCUT2D eigenvalue weighted by molar-refractivity contribution is 7.91. The van der Waals surface area contributed by atoms with E-state index in [1.807, 2.05) is 6.07 Å². The van der Waals surface area contributed by atoms with E-state index in [1.165, 1.54) is 0 Å². The molecule has 0 spiro atoms. The highest BCUT2D eigenvalue weighted by atomic mass is 32.2. The third-order valence-corrected chi connectivity index (χ3v) is 4.75. The lowest BCUT2D eigenvalue weighted by molar-refractivity contribution is 0.0523. The van der Waals surface area contributed by atoms with Crippen LogP contribution in [0.5, 0.6) is 0 Å². The van der Waals surface area contributed by atoms with E-state index in [2.05, 4.69) is 5.32 Å². The van der Waals surface area contributed by atoms with Gasteiger partial charge in [0.2, 0.25) is 0 Å². The van der Waals surface area contributed by atoms with E-state index in [0.717, 1.165) is 11.1 Å². The van der Waals surface area contributed by atoms with Gasteiger partial charge in [0.1, 0.15) is 5.60 Å². The third-order valence-electron chi connectivity index (χ3n) is 2.94. The van der Waals surface area contributed by atoms with Crippen molar-refractivity contribution in [2.45, 2.75) is 44.2 Å². The topological polar surface area (TPSA) is 72.5 Å². The van der Waals surface area contributed by atoms with Gasteiger partial charge in [0.15, 0.2) is 9.84 Å². The summed E-state index contributed by atoms with van der Waals surface area (Å²) in [4.78, 5) is 12.0. The number of carbonyl (C=O) groups excluding carboxylic acids is 1. The number of hydrogen-bond donors (Lipinski definition) is 1. The van der Waals surface area contributed by atoms with E-state index in [4.69, 9.17) is 4.74 Å². The van der Waals surface area contributed by atoms with Gasteiger partial charge in [0.05, 0.1) is 10.6 Å². The second-order valence-corrected chi connectivity index (χ2v) is 7.94. The molecule has 20 heavy (non-hydrogen) atoms. The van der Waals surface area contributed by atoms with Crippen molar-refractivity contribution in [3.63, 3.8) is 0 Å². The fourth-order valence-electron chi connectivity index (χ4n) is 2.08. The zero-order valence-corrected chi connectivity index (χ0v) is 12.7.